The Bertz CT molecular complexity index is 1330. The van der Waals surface area contributed by atoms with Crippen molar-refractivity contribution in [2.24, 2.45) is 0 Å². The number of anilines is 1. The van der Waals surface area contributed by atoms with Gasteiger partial charge in [0.25, 0.3) is 21.8 Å². The van der Waals surface area contributed by atoms with E-state index in [2.05, 4.69) is 15.6 Å². The molecular weight excluding hydrogens is 462 g/mol. The van der Waals surface area contributed by atoms with Crippen LogP contribution in [0.1, 0.15) is 10.4 Å². The van der Waals surface area contributed by atoms with E-state index in [1.165, 1.54) is 31.4 Å². The van der Waals surface area contributed by atoms with Crippen molar-refractivity contribution in [1.29, 1.82) is 0 Å². The Morgan fingerprint density at radius 3 is 2.47 bits per heavy atom. The summed E-state index contributed by atoms with van der Waals surface area (Å²) in [6.45, 7) is -0.0267. The summed E-state index contributed by atoms with van der Waals surface area (Å²) in [4.78, 5) is 24.8. The molecule has 0 saturated carbocycles. The summed E-state index contributed by atoms with van der Waals surface area (Å²) in [5.41, 5.74) is 4.80. The van der Waals surface area contributed by atoms with Gasteiger partial charge in [-0.15, -0.1) is 0 Å². The molecule has 0 aromatic heterocycles. The third-order valence-electron chi connectivity index (χ3n) is 4.86. The fourth-order valence-corrected chi connectivity index (χ4v) is 4.27. The summed E-state index contributed by atoms with van der Waals surface area (Å²) in [7, 11) is -2.59. The molecule has 0 saturated heterocycles. The van der Waals surface area contributed by atoms with Crippen molar-refractivity contribution in [2.45, 2.75) is 11.0 Å². The predicted octanol–water partition coefficient (Wildman–Crippen LogP) is 2.10. The average molecular weight is 484 g/mol. The minimum Gasteiger partial charge on any atom is -0.495 e. The van der Waals surface area contributed by atoms with Crippen LogP contribution in [0.4, 0.5) is 5.69 Å². The monoisotopic (exact) mass is 483 g/mol. The van der Waals surface area contributed by atoms with Crippen molar-refractivity contribution in [2.75, 3.05) is 18.4 Å². The van der Waals surface area contributed by atoms with Crippen LogP contribution in [-0.4, -0.2) is 40.1 Å². The van der Waals surface area contributed by atoms with Gasteiger partial charge in [0.1, 0.15) is 12.4 Å². The number of ether oxygens (including phenoxy) is 3. The van der Waals surface area contributed by atoms with Gasteiger partial charge in [-0.25, -0.2) is 8.42 Å². The smallest absolute Gasteiger partial charge is 0.283 e. The van der Waals surface area contributed by atoms with Crippen molar-refractivity contribution < 1.29 is 32.2 Å². The molecule has 0 aliphatic carbocycles. The lowest BCUT2D eigenvalue weighted by Gasteiger charge is -2.25. The van der Waals surface area contributed by atoms with Crippen LogP contribution in [0.15, 0.2) is 77.7 Å². The number of hydrogen-bond donors (Lipinski definition) is 3. The number of para-hydroxylation sites is 4. The molecule has 0 bridgehead atoms. The zero-order valence-corrected chi connectivity index (χ0v) is 18.8. The molecule has 0 spiro atoms. The minimum absolute atomic E-state index is 0.0226. The van der Waals surface area contributed by atoms with E-state index in [-0.39, 0.29) is 22.8 Å². The summed E-state index contributed by atoms with van der Waals surface area (Å²) < 4.78 is 44.3. The van der Waals surface area contributed by atoms with Crippen molar-refractivity contribution in [3.8, 4) is 17.2 Å². The van der Waals surface area contributed by atoms with Crippen molar-refractivity contribution in [3.05, 3.63) is 78.4 Å². The van der Waals surface area contributed by atoms with E-state index < -0.39 is 27.9 Å². The zero-order valence-electron chi connectivity index (χ0n) is 18.0. The van der Waals surface area contributed by atoms with E-state index in [9.17, 15) is 18.0 Å². The number of hydrogen-bond acceptors (Lipinski definition) is 7. The van der Waals surface area contributed by atoms with E-state index in [1.807, 2.05) is 0 Å². The van der Waals surface area contributed by atoms with Gasteiger partial charge in [0, 0.05) is 5.56 Å². The predicted molar refractivity (Wildman–Crippen MR) is 122 cm³/mol. The topological polar surface area (TPSA) is 132 Å². The van der Waals surface area contributed by atoms with E-state index in [1.54, 1.807) is 48.5 Å². The molecule has 176 valence electrons. The highest BCUT2D eigenvalue weighted by Crippen LogP contribution is 2.31. The number of carbonyl (C=O) groups is 2. The molecular formula is C23H21N3O7S. The van der Waals surface area contributed by atoms with E-state index in [4.69, 9.17) is 14.2 Å². The second kappa shape index (κ2) is 9.71. The Balaban J connectivity index is 1.40. The van der Waals surface area contributed by atoms with Crippen LogP contribution in [0.5, 0.6) is 17.2 Å². The Morgan fingerprint density at radius 1 is 0.941 bits per heavy atom. The van der Waals surface area contributed by atoms with Gasteiger partial charge in [-0.2, -0.15) is 0 Å². The number of sulfonamides is 1. The van der Waals surface area contributed by atoms with Gasteiger partial charge < -0.3 is 14.2 Å². The molecule has 4 rings (SSSR count). The zero-order chi connectivity index (χ0) is 24.1. The summed E-state index contributed by atoms with van der Waals surface area (Å²) in [5, 5.41) is 0. The summed E-state index contributed by atoms with van der Waals surface area (Å²) in [6, 6.07) is 18.8. The molecule has 1 atom stereocenters. The van der Waals surface area contributed by atoms with Crippen molar-refractivity contribution >= 4 is 27.5 Å². The number of fused-ring (bicyclic) bond motifs is 1. The van der Waals surface area contributed by atoms with E-state index >= 15 is 0 Å². The van der Waals surface area contributed by atoms with Crippen LogP contribution in [0, 0.1) is 0 Å². The molecule has 0 radical (unpaired) electrons. The third kappa shape index (κ3) is 5.04. The first kappa shape index (κ1) is 22.9. The Hall–Kier alpha value is -4.25. The lowest BCUT2D eigenvalue weighted by molar-refractivity contribution is -0.131. The average Bonchev–Trinajstić information content (AvgIpc) is 2.87. The minimum atomic E-state index is -4.01. The first-order valence-electron chi connectivity index (χ1n) is 10.1. The molecule has 34 heavy (non-hydrogen) atoms. The van der Waals surface area contributed by atoms with Gasteiger partial charge in [-0.1, -0.05) is 30.3 Å². The van der Waals surface area contributed by atoms with Gasteiger partial charge in [-0.3, -0.25) is 25.2 Å². The second-order valence-corrected chi connectivity index (χ2v) is 8.82. The first-order chi connectivity index (χ1) is 16.4. The highest BCUT2D eigenvalue weighted by molar-refractivity contribution is 7.92. The Morgan fingerprint density at radius 2 is 1.68 bits per heavy atom. The lowest BCUT2D eigenvalue weighted by Crippen LogP contribution is -2.50. The SMILES string of the molecule is COc1ccccc1NS(=O)(=O)c1cccc(C(=O)NNC(=O)C2COc3ccccc3O2)c1. The summed E-state index contributed by atoms with van der Waals surface area (Å²) >= 11 is 0. The molecule has 10 nitrogen and oxygen atoms in total. The van der Waals surface area contributed by atoms with Gasteiger partial charge in [0.15, 0.2) is 11.5 Å². The number of methoxy groups -OCH3 is 1. The Labute approximate surface area is 195 Å². The Kier molecular flexibility index (Phi) is 6.55. The largest absolute Gasteiger partial charge is 0.495 e. The highest BCUT2D eigenvalue weighted by atomic mass is 32.2. The number of benzene rings is 3. The maximum Gasteiger partial charge on any atom is 0.283 e. The molecule has 1 aliphatic rings. The van der Waals surface area contributed by atoms with Crippen LogP contribution in [0.3, 0.4) is 0 Å². The maximum absolute atomic E-state index is 12.8. The standard InChI is InChI=1S/C23H21N3O7S/c1-31-18-10-3-2-9-17(18)26-34(29,30)16-8-6-7-15(13-16)22(27)24-25-23(28)21-14-32-19-11-4-5-12-20(19)33-21/h2-13,21,26H,14H2,1H3,(H,24,27)(H,25,28). The van der Waals surface area contributed by atoms with Crippen LogP contribution in [0.2, 0.25) is 0 Å². The van der Waals surface area contributed by atoms with Crippen LogP contribution in [-0.2, 0) is 14.8 Å². The summed E-state index contributed by atoms with van der Waals surface area (Å²) in [5.74, 6) is -0.0421. The highest BCUT2D eigenvalue weighted by Gasteiger charge is 2.27. The van der Waals surface area contributed by atoms with Gasteiger partial charge in [0.05, 0.1) is 17.7 Å². The molecule has 0 fully saturated rings. The second-order valence-electron chi connectivity index (χ2n) is 7.14. The fraction of sp³-hybridized carbons (Fsp3) is 0.130. The maximum atomic E-state index is 12.8. The van der Waals surface area contributed by atoms with Crippen molar-refractivity contribution in [1.82, 2.24) is 10.9 Å². The number of nitrogens with one attached hydrogen (secondary N) is 3. The number of hydrazine groups is 1. The number of rotatable bonds is 6. The first-order valence-corrected chi connectivity index (χ1v) is 11.6. The fourth-order valence-electron chi connectivity index (χ4n) is 3.16. The van der Waals surface area contributed by atoms with E-state index in [0.29, 0.717) is 17.2 Å². The van der Waals surface area contributed by atoms with Crippen molar-refractivity contribution in [3.63, 3.8) is 0 Å². The quantitative estimate of drug-likeness (QED) is 0.458. The molecule has 3 N–H and O–H groups in total. The molecule has 3 aromatic rings. The van der Waals surface area contributed by atoms with Crippen LogP contribution in [0.25, 0.3) is 0 Å². The summed E-state index contributed by atoms with van der Waals surface area (Å²) in [6.07, 6.45) is -0.966. The van der Waals surface area contributed by atoms with E-state index in [0.717, 1.165) is 0 Å². The number of carbonyl (C=O) groups excluding carboxylic acids is 2. The molecule has 3 aromatic carbocycles. The third-order valence-corrected chi connectivity index (χ3v) is 6.22. The number of amides is 2. The molecule has 1 unspecified atom stereocenters. The molecule has 1 heterocycles. The molecule has 11 heteroatoms. The van der Waals surface area contributed by atoms with Gasteiger partial charge >= 0.3 is 0 Å². The van der Waals surface area contributed by atoms with Gasteiger partial charge in [-0.05, 0) is 42.5 Å². The van der Waals surface area contributed by atoms with Gasteiger partial charge in [0.2, 0.25) is 6.10 Å². The lowest BCUT2D eigenvalue weighted by atomic mass is 10.2. The van der Waals surface area contributed by atoms with Crippen LogP contribution < -0.4 is 29.8 Å². The molecule has 2 amide bonds. The van der Waals surface area contributed by atoms with Crippen LogP contribution >= 0.6 is 0 Å². The molecule has 1 aliphatic heterocycles. The normalized spacial score (nSPS) is 14.6.